The van der Waals surface area contributed by atoms with Gasteiger partial charge in [0.25, 0.3) is 5.91 Å². The first-order valence-corrected chi connectivity index (χ1v) is 10.5. The van der Waals surface area contributed by atoms with Crippen molar-refractivity contribution in [3.05, 3.63) is 65.7 Å². The first kappa shape index (κ1) is 23.2. The number of amides is 1. The van der Waals surface area contributed by atoms with Crippen LogP contribution in [-0.2, 0) is 9.53 Å². The minimum Gasteiger partial charge on any atom is -0.497 e. The quantitative estimate of drug-likeness (QED) is 0.474. The third-order valence-electron chi connectivity index (χ3n) is 5.53. The van der Waals surface area contributed by atoms with Crippen LogP contribution < -0.4 is 19.5 Å². The minimum atomic E-state index is -0.593. The lowest BCUT2D eigenvalue weighted by Crippen LogP contribution is -2.34. The molecule has 0 saturated carbocycles. The van der Waals surface area contributed by atoms with Gasteiger partial charge in [-0.15, -0.1) is 0 Å². The van der Waals surface area contributed by atoms with Crippen molar-refractivity contribution in [1.29, 1.82) is 0 Å². The molecule has 3 atom stereocenters. The molecular formula is C25H29NO6. The minimum absolute atomic E-state index is 0.182. The molecule has 3 rings (SSSR count). The Morgan fingerprint density at radius 1 is 1.00 bits per heavy atom. The average Bonchev–Trinajstić information content (AvgIpc) is 3.26. The number of nitrogens with one attached hydrogen (secondary N) is 1. The van der Waals surface area contributed by atoms with Crippen molar-refractivity contribution in [2.45, 2.75) is 25.3 Å². The number of carbonyl (C=O) groups is 2. The van der Waals surface area contributed by atoms with Crippen LogP contribution in [0.3, 0.4) is 0 Å². The summed E-state index contributed by atoms with van der Waals surface area (Å²) in [5.74, 6) is 0.364. The molecule has 170 valence electrons. The highest BCUT2D eigenvalue weighted by Crippen LogP contribution is 2.40. The summed E-state index contributed by atoms with van der Waals surface area (Å²) in [6.45, 7) is 2.05. The number of ether oxygens (including phenoxy) is 4. The second-order valence-corrected chi connectivity index (χ2v) is 7.40. The molecule has 0 spiro atoms. The van der Waals surface area contributed by atoms with Crippen molar-refractivity contribution in [1.82, 2.24) is 5.32 Å². The van der Waals surface area contributed by atoms with Gasteiger partial charge in [0, 0.05) is 11.6 Å². The van der Waals surface area contributed by atoms with E-state index in [-0.39, 0.29) is 30.4 Å². The topological polar surface area (TPSA) is 83.1 Å². The van der Waals surface area contributed by atoms with E-state index in [1.165, 1.54) is 7.11 Å². The first-order chi connectivity index (χ1) is 15.5. The largest absolute Gasteiger partial charge is 0.497 e. The SMILES string of the molecule is CCOC(=O)[C@H](c1cc(OC)ccc1OC)[C@@H]1C=C[C@H](NC(=O)c2ccccc2OC)C1. The summed E-state index contributed by atoms with van der Waals surface area (Å²) < 4.78 is 21.5. The maximum Gasteiger partial charge on any atom is 0.314 e. The van der Waals surface area contributed by atoms with Gasteiger partial charge in [-0.05, 0) is 49.6 Å². The number of allylic oxidation sites excluding steroid dienone is 1. The maximum absolute atomic E-state index is 13.0. The third-order valence-corrected chi connectivity index (χ3v) is 5.53. The summed E-state index contributed by atoms with van der Waals surface area (Å²) in [6, 6.07) is 12.2. The molecule has 1 aliphatic rings. The van der Waals surface area contributed by atoms with Crippen LogP contribution in [0.25, 0.3) is 0 Å². The molecule has 0 aromatic heterocycles. The average molecular weight is 440 g/mol. The number of hydrogen-bond acceptors (Lipinski definition) is 6. The maximum atomic E-state index is 13.0. The van der Waals surface area contributed by atoms with Gasteiger partial charge in [0.2, 0.25) is 0 Å². The molecule has 0 saturated heterocycles. The highest BCUT2D eigenvalue weighted by atomic mass is 16.5. The van der Waals surface area contributed by atoms with Crippen LogP contribution in [0.5, 0.6) is 17.2 Å². The van der Waals surface area contributed by atoms with Gasteiger partial charge in [0.1, 0.15) is 17.2 Å². The zero-order chi connectivity index (χ0) is 23.1. The summed E-state index contributed by atoms with van der Waals surface area (Å²) in [6.07, 6.45) is 4.41. The van der Waals surface area contributed by atoms with Crippen LogP contribution in [0.1, 0.15) is 35.2 Å². The first-order valence-electron chi connectivity index (χ1n) is 10.5. The summed E-state index contributed by atoms with van der Waals surface area (Å²) in [5.41, 5.74) is 1.15. The molecule has 0 bridgehead atoms. The fourth-order valence-corrected chi connectivity index (χ4v) is 4.01. The van der Waals surface area contributed by atoms with E-state index in [4.69, 9.17) is 18.9 Å². The van der Waals surface area contributed by atoms with Gasteiger partial charge in [0.15, 0.2) is 0 Å². The van der Waals surface area contributed by atoms with Gasteiger partial charge in [-0.2, -0.15) is 0 Å². The van der Waals surface area contributed by atoms with Crippen LogP contribution in [0.15, 0.2) is 54.6 Å². The predicted molar refractivity (Wildman–Crippen MR) is 120 cm³/mol. The standard InChI is InChI=1S/C25H29NO6/c1-5-32-25(28)23(20-15-18(29-2)12-13-22(20)31-4)16-10-11-17(14-16)26-24(27)19-8-6-7-9-21(19)30-3/h6-13,15-17,23H,5,14H2,1-4H3,(H,26,27)/t16-,17+,23+/m1/s1. The van der Waals surface area contributed by atoms with Crippen molar-refractivity contribution in [3.63, 3.8) is 0 Å². The summed E-state index contributed by atoms with van der Waals surface area (Å²) in [5, 5.41) is 3.01. The van der Waals surface area contributed by atoms with Crippen molar-refractivity contribution in [2.24, 2.45) is 5.92 Å². The van der Waals surface area contributed by atoms with Crippen LogP contribution in [-0.4, -0.2) is 45.9 Å². The molecule has 2 aromatic carbocycles. The number of benzene rings is 2. The lowest BCUT2D eigenvalue weighted by atomic mass is 9.84. The number of hydrogen-bond donors (Lipinski definition) is 1. The Morgan fingerprint density at radius 2 is 1.75 bits per heavy atom. The number of esters is 1. The Balaban J connectivity index is 1.82. The fraction of sp³-hybridized carbons (Fsp3) is 0.360. The predicted octanol–water partition coefficient (Wildman–Crippen LogP) is 3.73. The number of carbonyl (C=O) groups excluding carboxylic acids is 2. The summed E-state index contributed by atoms with van der Waals surface area (Å²) in [7, 11) is 4.67. The Bertz CT molecular complexity index is 986. The van der Waals surface area contributed by atoms with Gasteiger partial charge in [0.05, 0.1) is 39.4 Å². The second-order valence-electron chi connectivity index (χ2n) is 7.40. The molecule has 7 nitrogen and oxygen atoms in total. The molecule has 2 aromatic rings. The Kier molecular flexibility index (Phi) is 7.76. The molecule has 32 heavy (non-hydrogen) atoms. The molecule has 0 fully saturated rings. The lowest BCUT2D eigenvalue weighted by molar-refractivity contribution is -0.146. The van der Waals surface area contributed by atoms with E-state index in [1.807, 2.05) is 18.2 Å². The van der Waals surface area contributed by atoms with E-state index in [1.54, 1.807) is 57.5 Å². The van der Waals surface area contributed by atoms with Crippen molar-refractivity contribution in [3.8, 4) is 17.2 Å². The molecular weight excluding hydrogens is 410 g/mol. The molecule has 1 aliphatic carbocycles. The number of methoxy groups -OCH3 is 3. The number of para-hydroxylation sites is 1. The highest BCUT2D eigenvalue weighted by molar-refractivity contribution is 5.97. The smallest absolute Gasteiger partial charge is 0.314 e. The molecule has 0 heterocycles. The van der Waals surface area contributed by atoms with Gasteiger partial charge in [-0.1, -0.05) is 24.3 Å². The number of rotatable bonds is 9. The molecule has 0 radical (unpaired) electrons. The van der Waals surface area contributed by atoms with Crippen molar-refractivity contribution < 1.29 is 28.5 Å². The van der Waals surface area contributed by atoms with Crippen LogP contribution >= 0.6 is 0 Å². The van der Waals surface area contributed by atoms with E-state index < -0.39 is 5.92 Å². The third kappa shape index (κ3) is 5.04. The monoisotopic (exact) mass is 439 g/mol. The molecule has 7 heteroatoms. The fourth-order valence-electron chi connectivity index (χ4n) is 4.01. The highest BCUT2D eigenvalue weighted by Gasteiger charge is 2.36. The lowest BCUT2D eigenvalue weighted by Gasteiger charge is -2.24. The van der Waals surface area contributed by atoms with E-state index >= 15 is 0 Å². The van der Waals surface area contributed by atoms with Gasteiger partial charge in [-0.3, -0.25) is 9.59 Å². The summed E-state index contributed by atoms with van der Waals surface area (Å²) >= 11 is 0. The zero-order valence-corrected chi connectivity index (χ0v) is 18.8. The molecule has 0 aliphatic heterocycles. The molecule has 1 amide bonds. The Hall–Kier alpha value is -3.48. The van der Waals surface area contributed by atoms with E-state index in [0.717, 1.165) is 0 Å². The second kappa shape index (κ2) is 10.7. The zero-order valence-electron chi connectivity index (χ0n) is 18.8. The van der Waals surface area contributed by atoms with Crippen molar-refractivity contribution in [2.75, 3.05) is 27.9 Å². The van der Waals surface area contributed by atoms with Crippen LogP contribution in [0.2, 0.25) is 0 Å². The van der Waals surface area contributed by atoms with E-state index in [9.17, 15) is 9.59 Å². The Labute approximate surface area is 188 Å². The van der Waals surface area contributed by atoms with Crippen LogP contribution in [0.4, 0.5) is 0 Å². The van der Waals surface area contributed by atoms with Gasteiger partial charge >= 0.3 is 5.97 Å². The Morgan fingerprint density at radius 3 is 2.44 bits per heavy atom. The van der Waals surface area contributed by atoms with Crippen molar-refractivity contribution >= 4 is 11.9 Å². The summed E-state index contributed by atoms with van der Waals surface area (Å²) in [4.78, 5) is 25.8. The normalized spacial score (nSPS) is 18.0. The molecule has 0 unspecified atom stereocenters. The molecule has 1 N–H and O–H groups in total. The van der Waals surface area contributed by atoms with Gasteiger partial charge in [-0.25, -0.2) is 0 Å². The van der Waals surface area contributed by atoms with E-state index in [0.29, 0.717) is 34.8 Å². The van der Waals surface area contributed by atoms with Crippen LogP contribution in [0, 0.1) is 5.92 Å². The van der Waals surface area contributed by atoms with E-state index in [2.05, 4.69) is 5.32 Å². The van der Waals surface area contributed by atoms with Gasteiger partial charge < -0.3 is 24.3 Å².